The van der Waals surface area contributed by atoms with Crippen LogP contribution in [0.5, 0.6) is 5.75 Å². The van der Waals surface area contributed by atoms with E-state index in [4.69, 9.17) is 5.11 Å². The SMILES string of the molecule is Cc1cc(O)c(C(=O)O)cc1S(=O)(=O)NCC(C)C(C)C. The Bertz CT molecular complexity index is 637. The van der Waals surface area contributed by atoms with E-state index in [0.29, 0.717) is 11.5 Å². The summed E-state index contributed by atoms with van der Waals surface area (Å²) in [6.45, 7) is 7.69. The smallest absolute Gasteiger partial charge is 0.339 e. The van der Waals surface area contributed by atoms with Crippen molar-refractivity contribution >= 4 is 16.0 Å². The standard InChI is InChI=1S/C14H21NO5S/c1-8(2)10(4)7-15-21(19,20)13-6-11(14(17)18)12(16)5-9(13)3/h5-6,8,10,15-16H,7H2,1-4H3,(H,17,18). The molecule has 1 aromatic rings. The minimum absolute atomic E-state index is 0.131. The van der Waals surface area contributed by atoms with E-state index in [1.54, 1.807) is 0 Å². The first-order valence-corrected chi connectivity index (χ1v) is 8.11. The number of aromatic carboxylic acids is 1. The van der Waals surface area contributed by atoms with Crippen molar-refractivity contribution in [1.82, 2.24) is 4.72 Å². The number of hydrogen-bond donors (Lipinski definition) is 3. The zero-order valence-electron chi connectivity index (χ0n) is 12.5. The maximum Gasteiger partial charge on any atom is 0.339 e. The van der Waals surface area contributed by atoms with E-state index in [2.05, 4.69) is 4.72 Å². The highest BCUT2D eigenvalue weighted by Crippen LogP contribution is 2.25. The van der Waals surface area contributed by atoms with Gasteiger partial charge in [-0.3, -0.25) is 0 Å². The zero-order valence-corrected chi connectivity index (χ0v) is 13.4. The molecule has 0 spiro atoms. The molecule has 0 bridgehead atoms. The second-order valence-corrected chi connectivity index (χ2v) is 7.25. The van der Waals surface area contributed by atoms with E-state index in [0.717, 1.165) is 12.1 Å². The molecule has 0 aliphatic heterocycles. The highest BCUT2D eigenvalue weighted by Gasteiger charge is 2.22. The molecule has 1 atom stereocenters. The van der Waals surface area contributed by atoms with Crippen molar-refractivity contribution in [3.8, 4) is 5.75 Å². The molecule has 1 aromatic carbocycles. The maximum atomic E-state index is 12.3. The fourth-order valence-electron chi connectivity index (χ4n) is 1.69. The number of aromatic hydroxyl groups is 1. The first kappa shape index (κ1) is 17.5. The lowest BCUT2D eigenvalue weighted by molar-refractivity contribution is 0.0693. The fraction of sp³-hybridized carbons (Fsp3) is 0.500. The van der Waals surface area contributed by atoms with E-state index in [9.17, 15) is 18.3 Å². The summed E-state index contributed by atoms with van der Waals surface area (Å²) in [7, 11) is -3.82. The number of sulfonamides is 1. The summed E-state index contributed by atoms with van der Waals surface area (Å²) in [4.78, 5) is 10.9. The molecule has 3 N–H and O–H groups in total. The Morgan fingerprint density at radius 3 is 2.33 bits per heavy atom. The molecule has 1 unspecified atom stereocenters. The number of phenols is 1. The van der Waals surface area contributed by atoms with Crippen LogP contribution in [0.4, 0.5) is 0 Å². The van der Waals surface area contributed by atoms with Crippen molar-refractivity contribution in [2.24, 2.45) is 11.8 Å². The van der Waals surface area contributed by atoms with Crippen LogP contribution < -0.4 is 4.72 Å². The summed E-state index contributed by atoms with van der Waals surface area (Å²) in [6, 6.07) is 2.12. The van der Waals surface area contributed by atoms with Crippen LogP contribution in [-0.4, -0.2) is 31.1 Å². The Morgan fingerprint density at radius 2 is 1.86 bits per heavy atom. The van der Waals surface area contributed by atoms with Gasteiger partial charge in [-0.25, -0.2) is 17.9 Å². The monoisotopic (exact) mass is 315 g/mol. The predicted molar refractivity (Wildman–Crippen MR) is 79.0 cm³/mol. The van der Waals surface area contributed by atoms with Gasteiger partial charge < -0.3 is 10.2 Å². The minimum Gasteiger partial charge on any atom is -0.507 e. The van der Waals surface area contributed by atoms with Crippen molar-refractivity contribution in [3.63, 3.8) is 0 Å². The number of nitrogens with one attached hydrogen (secondary N) is 1. The number of benzene rings is 1. The highest BCUT2D eigenvalue weighted by atomic mass is 32.2. The molecule has 0 aromatic heterocycles. The average molecular weight is 315 g/mol. The Balaban J connectivity index is 3.14. The number of rotatable bonds is 6. The molecule has 118 valence electrons. The summed E-state index contributed by atoms with van der Waals surface area (Å²) >= 11 is 0. The van der Waals surface area contributed by atoms with Crippen LogP contribution in [0.25, 0.3) is 0 Å². The van der Waals surface area contributed by atoms with Crippen LogP contribution in [0, 0.1) is 18.8 Å². The third-order valence-electron chi connectivity index (χ3n) is 3.55. The van der Waals surface area contributed by atoms with Gasteiger partial charge in [0.25, 0.3) is 0 Å². The van der Waals surface area contributed by atoms with Gasteiger partial charge in [0, 0.05) is 6.54 Å². The summed E-state index contributed by atoms with van der Waals surface area (Å²) in [6.07, 6.45) is 0. The molecule has 0 amide bonds. The van der Waals surface area contributed by atoms with Crippen molar-refractivity contribution in [2.45, 2.75) is 32.6 Å². The molecule has 0 saturated heterocycles. The molecule has 0 heterocycles. The van der Waals surface area contributed by atoms with Gasteiger partial charge in [0.1, 0.15) is 11.3 Å². The van der Waals surface area contributed by atoms with Crippen LogP contribution in [0.1, 0.15) is 36.7 Å². The summed E-state index contributed by atoms with van der Waals surface area (Å²) in [5.74, 6) is -1.35. The van der Waals surface area contributed by atoms with E-state index < -0.39 is 27.3 Å². The Labute approximate surface area is 124 Å². The molecule has 0 aliphatic rings. The second-order valence-electron chi connectivity index (χ2n) is 5.51. The van der Waals surface area contributed by atoms with E-state index >= 15 is 0 Å². The zero-order chi connectivity index (χ0) is 16.4. The molecule has 21 heavy (non-hydrogen) atoms. The average Bonchev–Trinajstić information content (AvgIpc) is 2.34. The molecule has 1 rings (SSSR count). The van der Waals surface area contributed by atoms with Gasteiger partial charge in [-0.2, -0.15) is 0 Å². The third kappa shape index (κ3) is 4.18. The largest absolute Gasteiger partial charge is 0.507 e. The predicted octanol–water partition coefficient (Wildman–Crippen LogP) is 1.97. The van der Waals surface area contributed by atoms with E-state index in [1.807, 2.05) is 20.8 Å². The Hall–Kier alpha value is -1.60. The Kier molecular flexibility index (Phi) is 5.36. The Morgan fingerprint density at radius 1 is 1.29 bits per heavy atom. The molecular weight excluding hydrogens is 294 g/mol. The first-order valence-electron chi connectivity index (χ1n) is 6.62. The third-order valence-corrected chi connectivity index (χ3v) is 5.11. The van der Waals surface area contributed by atoms with Crippen LogP contribution in [0.3, 0.4) is 0 Å². The summed E-state index contributed by atoms with van der Waals surface area (Å²) < 4.78 is 27.0. The van der Waals surface area contributed by atoms with Crippen molar-refractivity contribution in [3.05, 3.63) is 23.3 Å². The maximum absolute atomic E-state index is 12.3. The molecule has 7 heteroatoms. The summed E-state index contributed by atoms with van der Waals surface area (Å²) in [5, 5.41) is 18.5. The second kappa shape index (κ2) is 6.44. The minimum atomic E-state index is -3.82. The van der Waals surface area contributed by atoms with Gasteiger partial charge in [0.05, 0.1) is 4.90 Å². The van der Waals surface area contributed by atoms with Crippen LogP contribution in [-0.2, 0) is 10.0 Å². The van der Waals surface area contributed by atoms with E-state index in [1.165, 1.54) is 6.92 Å². The highest BCUT2D eigenvalue weighted by molar-refractivity contribution is 7.89. The quantitative estimate of drug-likeness (QED) is 0.744. The van der Waals surface area contributed by atoms with Gasteiger partial charge >= 0.3 is 5.97 Å². The lowest BCUT2D eigenvalue weighted by atomic mass is 9.99. The summed E-state index contributed by atoms with van der Waals surface area (Å²) in [5.41, 5.74) is -0.139. The van der Waals surface area contributed by atoms with Crippen LogP contribution >= 0.6 is 0 Å². The van der Waals surface area contributed by atoms with Crippen molar-refractivity contribution in [1.29, 1.82) is 0 Å². The molecule has 0 radical (unpaired) electrons. The van der Waals surface area contributed by atoms with Crippen molar-refractivity contribution in [2.75, 3.05) is 6.54 Å². The van der Waals surface area contributed by atoms with Crippen LogP contribution in [0.15, 0.2) is 17.0 Å². The molecule has 0 fully saturated rings. The van der Waals surface area contributed by atoms with Gasteiger partial charge in [-0.05, 0) is 36.5 Å². The molecular formula is C14H21NO5S. The molecule has 0 aliphatic carbocycles. The van der Waals surface area contributed by atoms with Crippen molar-refractivity contribution < 1.29 is 23.4 Å². The first-order chi connectivity index (χ1) is 9.56. The number of hydrogen-bond acceptors (Lipinski definition) is 4. The lowest BCUT2D eigenvalue weighted by Gasteiger charge is -2.17. The lowest BCUT2D eigenvalue weighted by Crippen LogP contribution is -2.30. The van der Waals surface area contributed by atoms with Gasteiger partial charge in [0.2, 0.25) is 10.0 Å². The number of carboxylic acid groups (broad SMARTS) is 1. The van der Waals surface area contributed by atoms with Gasteiger partial charge in [-0.15, -0.1) is 0 Å². The van der Waals surface area contributed by atoms with Crippen LogP contribution in [0.2, 0.25) is 0 Å². The molecule has 6 nitrogen and oxygen atoms in total. The fourth-order valence-corrected chi connectivity index (χ4v) is 3.08. The topological polar surface area (TPSA) is 104 Å². The number of aryl methyl sites for hydroxylation is 1. The van der Waals surface area contributed by atoms with Gasteiger partial charge in [-0.1, -0.05) is 20.8 Å². The normalized spacial score (nSPS) is 13.4. The molecule has 0 saturated carbocycles. The van der Waals surface area contributed by atoms with Gasteiger partial charge in [0.15, 0.2) is 0 Å². The number of carboxylic acids is 1. The number of carbonyl (C=O) groups is 1. The van der Waals surface area contributed by atoms with E-state index in [-0.39, 0.29) is 17.4 Å².